The molecule has 0 aromatic carbocycles. The van der Waals surface area contributed by atoms with Crippen LogP contribution in [-0.4, -0.2) is 22.4 Å². The Morgan fingerprint density at radius 2 is 2.05 bits per heavy atom. The molecular formula is C16H26ClN3. The molecule has 0 spiro atoms. The predicted molar refractivity (Wildman–Crippen MR) is 83.1 cm³/mol. The van der Waals surface area contributed by atoms with Crippen LogP contribution in [0.2, 0.25) is 5.02 Å². The topological polar surface area (TPSA) is 29.9 Å². The van der Waals surface area contributed by atoms with Crippen molar-refractivity contribution in [1.82, 2.24) is 15.1 Å². The zero-order valence-corrected chi connectivity index (χ0v) is 13.6. The molecule has 112 valence electrons. The maximum absolute atomic E-state index is 6.43. The Hall–Kier alpha value is -0.540. The van der Waals surface area contributed by atoms with Crippen LogP contribution in [-0.2, 0) is 13.5 Å². The number of nitrogens with one attached hydrogen (secondary N) is 1. The summed E-state index contributed by atoms with van der Waals surface area (Å²) in [5.41, 5.74) is 2.14. The molecule has 0 saturated heterocycles. The van der Waals surface area contributed by atoms with Gasteiger partial charge in [-0.25, -0.2) is 0 Å². The van der Waals surface area contributed by atoms with E-state index in [2.05, 4.69) is 17.3 Å². The molecule has 3 atom stereocenters. The van der Waals surface area contributed by atoms with E-state index in [4.69, 9.17) is 11.6 Å². The van der Waals surface area contributed by atoms with Gasteiger partial charge in [0.05, 0.1) is 16.4 Å². The molecule has 1 N–H and O–H groups in total. The molecular weight excluding hydrogens is 270 g/mol. The SMILES string of the molecule is CCCNC(Cc1c(Cl)c(C)nn1C)C1CC2CC2C1. The number of fused-ring (bicyclic) bond motifs is 1. The van der Waals surface area contributed by atoms with E-state index < -0.39 is 0 Å². The van der Waals surface area contributed by atoms with Gasteiger partial charge in [0.15, 0.2) is 0 Å². The van der Waals surface area contributed by atoms with Gasteiger partial charge < -0.3 is 5.32 Å². The van der Waals surface area contributed by atoms with Crippen LogP contribution >= 0.6 is 11.6 Å². The van der Waals surface area contributed by atoms with Crippen molar-refractivity contribution in [2.45, 2.75) is 52.0 Å². The maximum atomic E-state index is 6.43. The first-order valence-electron chi connectivity index (χ1n) is 8.01. The minimum atomic E-state index is 0.565. The summed E-state index contributed by atoms with van der Waals surface area (Å²) in [6.07, 6.45) is 6.53. The molecule has 2 saturated carbocycles. The molecule has 0 aliphatic heterocycles. The van der Waals surface area contributed by atoms with E-state index in [0.29, 0.717) is 6.04 Å². The Balaban J connectivity index is 1.71. The molecule has 0 bridgehead atoms. The fourth-order valence-electron chi connectivity index (χ4n) is 3.94. The molecule has 1 aromatic rings. The van der Waals surface area contributed by atoms with Crippen molar-refractivity contribution < 1.29 is 0 Å². The Labute approximate surface area is 127 Å². The van der Waals surface area contributed by atoms with E-state index in [-0.39, 0.29) is 0 Å². The first-order chi connectivity index (χ1) is 9.60. The van der Waals surface area contributed by atoms with E-state index in [0.717, 1.165) is 41.4 Å². The third-order valence-corrected chi connectivity index (χ3v) is 5.67. The van der Waals surface area contributed by atoms with Crippen molar-refractivity contribution >= 4 is 11.6 Å². The zero-order chi connectivity index (χ0) is 14.3. The first kappa shape index (κ1) is 14.4. The minimum absolute atomic E-state index is 0.565. The number of hydrogen-bond donors (Lipinski definition) is 1. The molecule has 3 unspecified atom stereocenters. The number of rotatable bonds is 6. The van der Waals surface area contributed by atoms with Crippen molar-refractivity contribution in [3.8, 4) is 0 Å². The van der Waals surface area contributed by atoms with Crippen LogP contribution in [0.5, 0.6) is 0 Å². The quantitative estimate of drug-likeness (QED) is 0.872. The summed E-state index contributed by atoms with van der Waals surface area (Å²) in [5, 5.41) is 9.08. The van der Waals surface area contributed by atoms with E-state index in [1.165, 1.54) is 31.4 Å². The van der Waals surface area contributed by atoms with Crippen LogP contribution in [0, 0.1) is 24.7 Å². The average Bonchev–Trinajstić information content (AvgIpc) is 2.96. The third kappa shape index (κ3) is 2.75. The highest BCUT2D eigenvalue weighted by Crippen LogP contribution is 2.55. The molecule has 2 aliphatic rings. The van der Waals surface area contributed by atoms with Crippen molar-refractivity contribution in [2.24, 2.45) is 24.8 Å². The molecule has 20 heavy (non-hydrogen) atoms. The molecule has 2 fully saturated rings. The molecule has 0 radical (unpaired) electrons. The Morgan fingerprint density at radius 3 is 2.60 bits per heavy atom. The summed E-state index contributed by atoms with van der Waals surface area (Å²) in [5.74, 6) is 2.90. The zero-order valence-electron chi connectivity index (χ0n) is 12.8. The van der Waals surface area contributed by atoms with E-state index in [9.17, 15) is 0 Å². The summed E-state index contributed by atoms with van der Waals surface area (Å²) < 4.78 is 1.97. The van der Waals surface area contributed by atoms with Gasteiger partial charge in [0.25, 0.3) is 0 Å². The second-order valence-corrected chi connectivity index (χ2v) is 7.10. The van der Waals surface area contributed by atoms with Crippen LogP contribution in [0.4, 0.5) is 0 Å². The van der Waals surface area contributed by atoms with Gasteiger partial charge in [-0.1, -0.05) is 18.5 Å². The Kier molecular flexibility index (Phi) is 4.09. The van der Waals surface area contributed by atoms with Gasteiger partial charge in [-0.05, 0) is 56.9 Å². The Morgan fingerprint density at radius 1 is 1.35 bits per heavy atom. The van der Waals surface area contributed by atoms with Crippen LogP contribution in [0.3, 0.4) is 0 Å². The number of hydrogen-bond acceptors (Lipinski definition) is 2. The number of aromatic nitrogens is 2. The predicted octanol–water partition coefficient (Wildman–Crippen LogP) is 3.34. The molecule has 3 nitrogen and oxygen atoms in total. The van der Waals surface area contributed by atoms with Crippen molar-refractivity contribution in [3.63, 3.8) is 0 Å². The monoisotopic (exact) mass is 295 g/mol. The fraction of sp³-hybridized carbons (Fsp3) is 0.812. The standard InChI is InChI=1S/C16H26ClN3/c1-4-5-18-14(13-7-11-6-12(11)8-13)9-15-16(17)10(2)19-20(15)3/h11-14,18H,4-9H2,1-3H3. The van der Waals surface area contributed by atoms with Crippen LogP contribution in [0.25, 0.3) is 0 Å². The smallest absolute Gasteiger partial charge is 0.0847 e. The molecule has 3 rings (SSSR count). The summed E-state index contributed by atoms with van der Waals surface area (Å²) in [7, 11) is 2.01. The average molecular weight is 296 g/mol. The number of halogens is 1. The number of aryl methyl sites for hydroxylation is 2. The fourth-order valence-corrected chi connectivity index (χ4v) is 4.17. The molecule has 2 aliphatic carbocycles. The summed E-state index contributed by atoms with van der Waals surface area (Å²) >= 11 is 6.43. The van der Waals surface area contributed by atoms with Crippen LogP contribution in [0.1, 0.15) is 44.0 Å². The normalized spacial score (nSPS) is 29.5. The Bertz CT molecular complexity index is 472. The van der Waals surface area contributed by atoms with E-state index >= 15 is 0 Å². The van der Waals surface area contributed by atoms with Gasteiger partial charge in [-0.3, -0.25) is 4.68 Å². The second-order valence-electron chi connectivity index (χ2n) is 6.72. The lowest BCUT2D eigenvalue weighted by Gasteiger charge is -2.26. The lowest BCUT2D eigenvalue weighted by atomic mass is 9.91. The molecule has 1 heterocycles. The highest BCUT2D eigenvalue weighted by molar-refractivity contribution is 6.31. The molecule has 0 amide bonds. The number of nitrogens with zero attached hydrogens (tertiary/aromatic N) is 2. The molecule has 1 aromatic heterocycles. The second kappa shape index (κ2) is 5.69. The highest BCUT2D eigenvalue weighted by atomic mass is 35.5. The van der Waals surface area contributed by atoms with Crippen molar-refractivity contribution in [3.05, 3.63) is 16.4 Å². The van der Waals surface area contributed by atoms with Gasteiger partial charge in [0.1, 0.15) is 0 Å². The van der Waals surface area contributed by atoms with Crippen LogP contribution in [0.15, 0.2) is 0 Å². The lowest BCUT2D eigenvalue weighted by Crippen LogP contribution is -2.38. The van der Waals surface area contributed by atoms with E-state index in [1.54, 1.807) is 0 Å². The largest absolute Gasteiger partial charge is 0.313 e. The lowest BCUT2D eigenvalue weighted by molar-refractivity contribution is 0.328. The summed E-state index contributed by atoms with van der Waals surface area (Å²) in [6.45, 7) is 5.33. The van der Waals surface area contributed by atoms with Gasteiger partial charge >= 0.3 is 0 Å². The highest BCUT2D eigenvalue weighted by Gasteiger charge is 2.47. The van der Waals surface area contributed by atoms with Crippen molar-refractivity contribution in [2.75, 3.05) is 6.54 Å². The van der Waals surface area contributed by atoms with Gasteiger partial charge in [-0.15, -0.1) is 0 Å². The van der Waals surface area contributed by atoms with E-state index in [1.807, 2.05) is 18.7 Å². The van der Waals surface area contributed by atoms with Gasteiger partial charge in [0.2, 0.25) is 0 Å². The summed E-state index contributed by atoms with van der Waals surface area (Å²) in [4.78, 5) is 0. The summed E-state index contributed by atoms with van der Waals surface area (Å²) in [6, 6.07) is 0.565. The third-order valence-electron chi connectivity index (χ3n) is 5.18. The first-order valence-corrected chi connectivity index (χ1v) is 8.39. The van der Waals surface area contributed by atoms with Gasteiger partial charge in [-0.2, -0.15) is 5.10 Å². The van der Waals surface area contributed by atoms with Crippen molar-refractivity contribution in [1.29, 1.82) is 0 Å². The molecule has 4 heteroatoms. The van der Waals surface area contributed by atoms with Crippen LogP contribution < -0.4 is 5.32 Å². The maximum Gasteiger partial charge on any atom is 0.0847 e. The minimum Gasteiger partial charge on any atom is -0.313 e. The van der Waals surface area contributed by atoms with Gasteiger partial charge in [0, 0.05) is 19.5 Å².